The molecule has 4 nitrogen and oxygen atoms in total. The van der Waals surface area contributed by atoms with Gasteiger partial charge in [-0.05, 0) is 13.0 Å². The van der Waals surface area contributed by atoms with E-state index in [0.717, 1.165) is 0 Å². The van der Waals surface area contributed by atoms with Gasteiger partial charge in [0, 0.05) is 6.42 Å². The van der Waals surface area contributed by atoms with Crippen molar-refractivity contribution in [3.8, 4) is 0 Å². The van der Waals surface area contributed by atoms with Crippen LogP contribution in [0.4, 0.5) is 17.6 Å². The normalized spacial score (nSPS) is 21.8. The smallest absolute Gasteiger partial charge is 0.331 e. The molecule has 1 amide bonds. The molecule has 1 N–H and O–H groups in total. The Kier molecular flexibility index (Phi) is 3.41. The molecule has 0 bridgehead atoms. The summed E-state index contributed by atoms with van der Waals surface area (Å²) in [5.41, 5.74) is -2.44. The minimum Gasteiger partial charge on any atom is -0.464 e. The van der Waals surface area contributed by atoms with Crippen LogP contribution in [0.3, 0.4) is 0 Å². The zero-order chi connectivity index (χ0) is 15.1. The van der Waals surface area contributed by atoms with E-state index in [1.807, 2.05) is 0 Å². The lowest BCUT2D eigenvalue weighted by atomic mass is 10.00. The van der Waals surface area contributed by atoms with Gasteiger partial charge < -0.3 is 10.1 Å². The van der Waals surface area contributed by atoms with Gasteiger partial charge in [-0.15, -0.1) is 0 Å². The lowest BCUT2D eigenvalue weighted by Gasteiger charge is -2.21. The maximum absolute atomic E-state index is 13.4. The zero-order valence-corrected chi connectivity index (χ0v) is 10.2. The lowest BCUT2D eigenvalue weighted by molar-refractivity contribution is -0.142. The molecular weight excluding hydrogens is 282 g/mol. The van der Waals surface area contributed by atoms with Crippen LogP contribution in [0, 0.1) is 23.3 Å². The SMILES string of the molecule is CC1(NC(=O)c2cc(F)c(F)c(F)c2F)CCOC1=O. The van der Waals surface area contributed by atoms with Gasteiger partial charge in [0.15, 0.2) is 23.3 Å². The third-order valence-corrected chi connectivity index (χ3v) is 3.02. The van der Waals surface area contributed by atoms with E-state index in [1.54, 1.807) is 0 Å². The Hall–Kier alpha value is -2.12. The van der Waals surface area contributed by atoms with Crippen LogP contribution in [-0.4, -0.2) is 24.0 Å². The summed E-state index contributed by atoms with van der Waals surface area (Å²) in [6.45, 7) is 1.39. The number of benzene rings is 1. The van der Waals surface area contributed by atoms with Gasteiger partial charge >= 0.3 is 5.97 Å². The molecule has 1 aromatic carbocycles. The zero-order valence-electron chi connectivity index (χ0n) is 10.2. The molecule has 1 aromatic rings. The van der Waals surface area contributed by atoms with Crippen molar-refractivity contribution in [3.05, 3.63) is 34.9 Å². The molecule has 0 spiro atoms. The highest BCUT2D eigenvalue weighted by atomic mass is 19.2. The maximum Gasteiger partial charge on any atom is 0.331 e. The number of esters is 1. The van der Waals surface area contributed by atoms with Gasteiger partial charge in [0.05, 0.1) is 12.2 Å². The molecule has 1 aliphatic heterocycles. The molecule has 8 heteroatoms. The molecule has 1 heterocycles. The van der Waals surface area contributed by atoms with E-state index < -0.39 is 46.2 Å². The van der Waals surface area contributed by atoms with Gasteiger partial charge in [-0.3, -0.25) is 4.79 Å². The fourth-order valence-corrected chi connectivity index (χ4v) is 1.78. The maximum atomic E-state index is 13.4. The standard InChI is InChI=1S/C12H9F4NO3/c1-12(2-3-20-11(12)19)17-10(18)5-4-6(13)8(15)9(16)7(5)14/h4H,2-3H2,1H3,(H,17,18). The van der Waals surface area contributed by atoms with E-state index in [1.165, 1.54) is 6.92 Å². The molecule has 1 fully saturated rings. The van der Waals surface area contributed by atoms with E-state index >= 15 is 0 Å². The van der Waals surface area contributed by atoms with Crippen molar-refractivity contribution in [2.75, 3.05) is 6.61 Å². The second kappa shape index (κ2) is 4.77. The Morgan fingerprint density at radius 3 is 2.45 bits per heavy atom. The average Bonchev–Trinajstić information content (AvgIpc) is 2.71. The first kappa shape index (κ1) is 14.3. The Balaban J connectivity index is 2.33. The van der Waals surface area contributed by atoms with Gasteiger partial charge in [-0.2, -0.15) is 0 Å². The van der Waals surface area contributed by atoms with Crippen LogP contribution in [0.25, 0.3) is 0 Å². The summed E-state index contributed by atoms with van der Waals surface area (Å²) in [4.78, 5) is 23.2. The molecule has 0 aromatic heterocycles. The van der Waals surface area contributed by atoms with Gasteiger partial charge in [0.1, 0.15) is 5.54 Å². The Morgan fingerprint density at radius 2 is 1.90 bits per heavy atom. The van der Waals surface area contributed by atoms with Gasteiger partial charge in [-0.1, -0.05) is 0 Å². The van der Waals surface area contributed by atoms with Crippen LogP contribution in [0.2, 0.25) is 0 Å². The third kappa shape index (κ3) is 2.21. The number of ether oxygens (including phenoxy) is 1. The summed E-state index contributed by atoms with van der Waals surface area (Å²) in [6, 6.07) is 0.229. The quantitative estimate of drug-likeness (QED) is 0.390. The van der Waals surface area contributed by atoms with Crippen LogP contribution in [0.1, 0.15) is 23.7 Å². The first-order chi connectivity index (χ1) is 9.26. The number of cyclic esters (lactones) is 1. The van der Waals surface area contributed by atoms with Crippen molar-refractivity contribution < 1.29 is 31.9 Å². The fourth-order valence-electron chi connectivity index (χ4n) is 1.78. The second-order valence-corrected chi connectivity index (χ2v) is 4.52. The summed E-state index contributed by atoms with van der Waals surface area (Å²) >= 11 is 0. The van der Waals surface area contributed by atoms with Crippen LogP contribution in [0.15, 0.2) is 6.07 Å². The first-order valence-corrected chi connectivity index (χ1v) is 5.59. The van der Waals surface area contributed by atoms with Gasteiger partial charge in [-0.25, -0.2) is 22.4 Å². The van der Waals surface area contributed by atoms with E-state index in [9.17, 15) is 27.2 Å². The highest BCUT2D eigenvalue weighted by Crippen LogP contribution is 2.22. The summed E-state index contributed by atoms with van der Waals surface area (Å²) in [6.07, 6.45) is 0.130. The number of carbonyl (C=O) groups is 2. The topological polar surface area (TPSA) is 55.4 Å². The van der Waals surface area contributed by atoms with Gasteiger partial charge in [0.25, 0.3) is 5.91 Å². The van der Waals surface area contributed by atoms with Crippen molar-refractivity contribution in [2.24, 2.45) is 0 Å². The molecule has 0 saturated carbocycles. The highest BCUT2D eigenvalue weighted by molar-refractivity contribution is 5.98. The van der Waals surface area contributed by atoms with Crippen LogP contribution in [-0.2, 0) is 9.53 Å². The second-order valence-electron chi connectivity index (χ2n) is 4.52. The Morgan fingerprint density at radius 1 is 1.25 bits per heavy atom. The molecule has 108 valence electrons. The van der Waals surface area contributed by atoms with E-state index in [2.05, 4.69) is 10.1 Å². The van der Waals surface area contributed by atoms with E-state index in [0.29, 0.717) is 0 Å². The number of amides is 1. The molecule has 1 saturated heterocycles. The van der Waals surface area contributed by atoms with E-state index in [4.69, 9.17) is 0 Å². The Labute approximate surface area is 110 Å². The largest absolute Gasteiger partial charge is 0.464 e. The molecule has 1 atom stereocenters. The number of halogens is 4. The van der Waals surface area contributed by atoms with Crippen molar-refractivity contribution in [2.45, 2.75) is 18.9 Å². The van der Waals surface area contributed by atoms with Crippen LogP contribution >= 0.6 is 0 Å². The average molecular weight is 291 g/mol. The van der Waals surface area contributed by atoms with Crippen LogP contribution < -0.4 is 5.32 Å². The molecule has 1 aliphatic rings. The van der Waals surface area contributed by atoms with Crippen molar-refractivity contribution in [1.29, 1.82) is 0 Å². The molecular formula is C12H9F4NO3. The predicted octanol–water partition coefficient (Wildman–Crippen LogP) is 1.68. The number of carbonyl (C=O) groups excluding carboxylic acids is 2. The monoisotopic (exact) mass is 291 g/mol. The summed E-state index contributed by atoms with van der Waals surface area (Å²) in [5.74, 6) is -9.60. The van der Waals surface area contributed by atoms with E-state index in [-0.39, 0.29) is 19.1 Å². The number of rotatable bonds is 2. The molecule has 1 unspecified atom stereocenters. The number of hydrogen-bond acceptors (Lipinski definition) is 3. The molecule has 0 aliphatic carbocycles. The van der Waals surface area contributed by atoms with Crippen molar-refractivity contribution in [3.63, 3.8) is 0 Å². The molecule has 0 radical (unpaired) electrons. The summed E-state index contributed by atoms with van der Waals surface area (Å²) < 4.78 is 56.9. The summed E-state index contributed by atoms with van der Waals surface area (Å²) in [7, 11) is 0. The third-order valence-electron chi connectivity index (χ3n) is 3.02. The predicted molar refractivity (Wildman–Crippen MR) is 57.7 cm³/mol. The van der Waals surface area contributed by atoms with Crippen LogP contribution in [0.5, 0.6) is 0 Å². The van der Waals surface area contributed by atoms with Crippen molar-refractivity contribution >= 4 is 11.9 Å². The lowest BCUT2D eigenvalue weighted by Crippen LogP contribution is -2.49. The first-order valence-electron chi connectivity index (χ1n) is 5.59. The number of hydrogen-bond donors (Lipinski definition) is 1. The minimum absolute atomic E-state index is 0.0598. The molecule has 2 rings (SSSR count). The summed E-state index contributed by atoms with van der Waals surface area (Å²) in [5, 5.41) is 2.13. The highest BCUT2D eigenvalue weighted by Gasteiger charge is 2.42. The number of nitrogens with one attached hydrogen (secondary N) is 1. The van der Waals surface area contributed by atoms with Gasteiger partial charge in [0.2, 0.25) is 0 Å². The Bertz CT molecular complexity index is 605. The molecule has 20 heavy (non-hydrogen) atoms. The van der Waals surface area contributed by atoms with Crippen molar-refractivity contribution in [1.82, 2.24) is 5.32 Å². The fraction of sp³-hybridized carbons (Fsp3) is 0.333. The minimum atomic E-state index is -2.09.